The molecule has 0 radical (unpaired) electrons. The van der Waals surface area contributed by atoms with E-state index in [0.29, 0.717) is 16.2 Å². The van der Waals surface area contributed by atoms with Crippen LogP contribution in [0.25, 0.3) is 0 Å². The van der Waals surface area contributed by atoms with Gasteiger partial charge in [-0.2, -0.15) is 0 Å². The van der Waals surface area contributed by atoms with Crippen LogP contribution < -0.4 is 10.1 Å². The normalized spacial score (nSPS) is 19.9. The average Bonchev–Trinajstić information content (AvgIpc) is 3.13. The third-order valence-corrected chi connectivity index (χ3v) is 5.28. The highest BCUT2D eigenvalue weighted by Gasteiger charge is 2.49. The Morgan fingerprint density at radius 1 is 1.28 bits per heavy atom. The summed E-state index contributed by atoms with van der Waals surface area (Å²) in [7, 11) is 1.53. The van der Waals surface area contributed by atoms with Gasteiger partial charge in [0.15, 0.2) is 5.78 Å². The summed E-state index contributed by atoms with van der Waals surface area (Å²) in [4.78, 5) is 40.1. The quantitative estimate of drug-likeness (QED) is 0.659. The highest BCUT2D eigenvalue weighted by atomic mass is 32.1. The van der Waals surface area contributed by atoms with Crippen LogP contribution in [0.5, 0.6) is 5.75 Å². The lowest BCUT2D eigenvalue weighted by Crippen LogP contribution is -2.41. The second kappa shape index (κ2) is 6.33. The van der Waals surface area contributed by atoms with E-state index in [1.165, 1.54) is 18.4 Å². The first kappa shape index (κ1) is 17.2. The summed E-state index contributed by atoms with van der Waals surface area (Å²) in [6.45, 7) is 3.25. The van der Waals surface area contributed by atoms with E-state index in [1.54, 1.807) is 37.3 Å². The van der Waals surface area contributed by atoms with Crippen molar-refractivity contribution in [2.45, 2.75) is 19.4 Å². The van der Waals surface area contributed by atoms with Gasteiger partial charge in [-0.25, -0.2) is 4.79 Å². The Labute approximate surface area is 149 Å². The predicted octanol–water partition coefficient (Wildman–Crippen LogP) is 2.72. The molecule has 0 spiro atoms. The number of nitrogens with one attached hydrogen (secondary N) is 1. The van der Waals surface area contributed by atoms with E-state index in [0.717, 1.165) is 9.78 Å². The highest BCUT2D eigenvalue weighted by molar-refractivity contribution is 7.14. The number of carbonyl (C=O) groups excluding carboxylic acids is 3. The molecule has 1 N–H and O–H groups in total. The molecule has 1 saturated heterocycles. The number of nitrogens with zero attached hydrogens (tertiary/aromatic N) is 1. The summed E-state index contributed by atoms with van der Waals surface area (Å²) in [5, 5.41) is 2.69. The predicted molar refractivity (Wildman–Crippen MR) is 94.0 cm³/mol. The number of ether oxygens (including phenoxy) is 1. The summed E-state index contributed by atoms with van der Waals surface area (Å²) < 4.78 is 5.18. The van der Waals surface area contributed by atoms with Crippen LogP contribution in [0.3, 0.4) is 0 Å². The molecule has 0 aliphatic carbocycles. The molecule has 1 aliphatic heterocycles. The molecule has 0 unspecified atom stereocenters. The van der Waals surface area contributed by atoms with Crippen LogP contribution in [-0.2, 0) is 10.3 Å². The molecule has 0 bridgehead atoms. The maximum atomic E-state index is 12.9. The van der Waals surface area contributed by atoms with Crippen LogP contribution in [0.1, 0.15) is 27.0 Å². The highest BCUT2D eigenvalue weighted by Crippen LogP contribution is 2.31. The molecular weight excluding hydrogens is 340 g/mol. The van der Waals surface area contributed by atoms with E-state index in [4.69, 9.17) is 4.74 Å². The number of urea groups is 1. The molecule has 7 heteroatoms. The topological polar surface area (TPSA) is 75.7 Å². The molecule has 3 rings (SSSR count). The number of carbonyl (C=O) groups is 3. The van der Waals surface area contributed by atoms with Crippen LogP contribution in [0.4, 0.5) is 4.79 Å². The molecule has 6 nitrogen and oxygen atoms in total. The molecule has 2 heterocycles. The first-order valence-corrected chi connectivity index (χ1v) is 8.55. The van der Waals surface area contributed by atoms with Gasteiger partial charge in [0.05, 0.1) is 18.5 Å². The van der Waals surface area contributed by atoms with Crippen molar-refractivity contribution in [3.8, 4) is 5.75 Å². The van der Waals surface area contributed by atoms with E-state index in [-0.39, 0.29) is 12.3 Å². The molecule has 1 atom stereocenters. The molecule has 1 aliphatic rings. The third-order valence-electron chi connectivity index (χ3n) is 4.24. The number of hydrogen-bond acceptors (Lipinski definition) is 5. The minimum Gasteiger partial charge on any atom is -0.497 e. The number of thiophene rings is 1. The van der Waals surface area contributed by atoms with Gasteiger partial charge in [-0.1, -0.05) is 12.1 Å². The summed E-state index contributed by atoms with van der Waals surface area (Å²) >= 11 is 1.35. The molecule has 1 aromatic heterocycles. The fourth-order valence-corrected chi connectivity index (χ4v) is 3.57. The zero-order valence-electron chi connectivity index (χ0n) is 14.2. The number of Topliss-reactive ketones (excluding diaryl/α,β-unsaturated/α-hetero) is 1. The Bertz CT molecular complexity index is 860. The van der Waals surface area contributed by atoms with Crippen LogP contribution in [0.15, 0.2) is 36.4 Å². The number of benzene rings is 1. The first-order chi connectivity index (χ1) is 11.8. The standard InChI is InChI=1S/C18H18N2O4S/c1-11-7-8-15(25-11)14(21)10-20-16(22)18(2,19-17(20)23)12-5-4-6-13(9-12)24-3/h4-9H,10H2,1-3H3,(H,19,23)/t18-/m0/s1. The molecule has 2 aromatic rings. The van der Waals surface area contributed by atoms with E-state index in [2.05, 4.69) is 5.32 Å². The van der Waals surface area contributed by atoms with Crippen molar-refractivity contribution in [1.29, 1.82) is 0 Å². The Balaban J connectivity index is 1.85. The number of hydrogen-bond donors (Lipinski definition) is 1. The molecule has 0 saturated carbocycles. The lowest BCUT2D eigenvalue weighted by atomic mass is 9.92. The van der Waals surface area contributed by atoms with Crippen LogP contribution in [-0.4, -0.2) is 36.3 Å². The number of imide groups is 1. The van der Waals surface area contributed by atoms with Crippen LogP contribution in [0.2, 0.25) is 0 Å². The molecule has 130 valence electrons. The lowest BCUT2D eigenvalue weighted by molar-refractivity contribution is -0.130. The summed E-state index contributed by atoms with van der Waals surface area (Å²) in [5.41, 5.74) is -0.621. The van der Waals surface area contributed by atoms with E-state index < -0.39 is 17.5 Å². The Kier molecular flexibility index (Phi) is 4.34. The SMILES string of the molecule is COc1cccc([C@]2(C)NC(=O)N(CC(=O)c3ccc(C)s3)C2=O)c1. The van der Waals surface area contributed by atoms with Crippen molar-refractivity contribution < 1.29 is 19.1 Å². The summed E-state index contributed by atoms with van der Waals surface area (Å²) in [6, 6.07) is 9.93. The second-order valence-corrected chi connectivity index (χ2v) is 7.30. The van der Waals surface area contributed by atoms with E-state index in [9.17, 15) is 14.4 Å². The van der Waals surface area contributed by atoms with E-state index >= 15 is 0 Å². The van der Waals surface area contributed by atoms with Crippen LogP contribution >= 0.6 is 11.3 Å². The monoisotopic (exact) mass is 358 g/mol. The zero-order chi connectivity index (χ0) is 18.2. The largest absolute Gasteiger partial charge is 0.497 e. The number of aryl methyl sites for hydroxylation is 1. The third kappa shape index (κ3) is 3.02. The summed E-state index contributed by atoms with van der Waals surface area (Å²) in [6.07, 6.45) is 0. The van der Waals surface area contributed by atoms with Gasteiger partial charge in [-0.3, -0.25) is 14.5 Å². The van der Waals surface area contributed by atoms with Crippen molar-refractivity contribution >= 4 is 29.1 Å². The minimum absolute atomic E-state index is 0.253. The Morgan fingerprint density at radius 3 is 2.68 bits per heavy atom. The molecule has 1 aromatic carbocycles. The smallest absolute Gasteiger partial charge is 0.325 e. The first-order valence-electron chi connectivity index (χ1n) is 7.73. The molecule has 3 amide bonds. The van der Waals surface area contributed by atoms with Gasteiger partial charge in [0.1, 0.15) is 11.3 Å². The summed E-state index contributed by atoms with van der Waals surface area (Å²) in [5.74, 6) is -0.117. The van der Waals surface area contributed by atoms with E-state index in [1.807, 2.05) is 13.0 Å². The minimum atomic E-state index is -1.22. The number of amides is 3. The van der Waals surface area contributed by atoms with Gasteiger partial charge < -0.3 is 10.1 Å². The van der Waals surface area contributed by atoms with Crippen molar-refractivity contribution in [3.63, 3.8) is 0 Å². The van der Waals surface area contributed by atoms with Gasteiger partial charge in [-0.15, -0.1) is 11.3 Å². The fourth-order valence-electron chi connectivity index (χ4n) is 2.78. The number of ketones is 1. The van der Waals surface area contributed by atoms with Crippen molar-refractivity contribution in [2.24, 2.45) is 0 Å². The van der Waals surface area contributed by atoms with Crippen molar-refractivity contribution in [1.82, 2.24) is 10.2 Å². The molecule has 25 heavy (non-hydrogen) atoms. The molecular formula is C18H18N2O4S. The maximum Gasteiger partial charge on any atom is 0.325 e. The van der Waals surface area contributed by atoms with Gasteiger partial charge in [0, 0.05) is 4.88 Å². The second-order valence-electron chi connectivity index (χ2n) is 6.01. The average molecular weight is 358 g/mol. The molecule has 1 fully saturated rings. The van der Waals surface area contributed by atoms with Gasteiger partial charge in [0.25, 0.3) is 5.91 Å². The van der Waals surface area contributed by atoms with Gasteiger partial charge in [0.2, 0.25) is 0 Å². The Hall–Kier alpha value is -2.67. The van der Waals surface area contributed by atoms with Gasteiger partial charge in [-0.05, 0) is 43.7 Å². The van der Waals surface area contributed by atoms with Crippen LogP contribution in [0, 0.1) is 6.92 Å². The Morgan fingerprint density at radius 2 is 2.04 bits per heavy atom. The van der Waals surface area contributed by atoms with Crippen molar-refractivity contribution in [2.75, 3.05) is 13.7 Å². The fraction of sp³-hybridized carbons (Fsp3) is 0.278. The number of methoxy groups -OCH3 is 1. The maximum absolute atomic E-state index is 12.9. The van der Waals surface area contributed by atoms with Crippen molar-refractivity contribution in [3.05, 3.63) is 51.7 Å². The van der Waals surface area contributed by atoms with Gasteiger partial charge >= 0.3 is 6.03 Å². The zero-order valence-corrected chi connectivity index (χ0v) is 15.0. The lowest BCUT2D eigenvalue weighted by Gasteiger charge is -2.22. The number of rotatable bonds is 5.